The molecule has 31 heavy (non-hydrogen) atoms. The van der Waals surface area contributed by atoms with Gasteiger partial charge in [0, 0.05) is 41.2 Å². The number of unbranched alkanes of at least 4 members (excludes halogenated alkanes) is 3. The lowest BCUT2D eigenvalue weighted by molar-refractivity contribution is -0.140. The summed E-state index contributed by atoms with van der Waals surface area (Å²) in [6.07, 6.45) is 5.99. The van der Waals surface area contributed by atoms with E-state index < -0.39 is 0 Å². The fourth-order valence-electron chi connectivity index (χ4n) is 3.69. The van der Waals surface area contributed by atoms with Crippen molar-refractivity contribution in [2.75, 3.05) is 17.7 Å². The molecule has 1 aliphatic heterocycles. The van der Waals surface area contributed by atoms with Gasteiger partial charge in [-0.3, -0.25) is 14.4 Å². The first-order valence-electron chi connectivity index (χ1n) is 10.6. The van der Waals surface area contributed by atoms with Gasteiger partial charge in [0.2, 0.25) is 5.91 Å². The summed E-state index contributed by atoms with van der Waals surface area (Å²) in [6, 6.07) is 7.47. The molecular weight excluding hydrogens is 394 g/mol. The molecule has 0 unspecified atom stereocenters. The number of ether oxygens (including phenoxy) is 1. The van der Waals surface area contributed by atoms with Gasteiger partial charge in [-0.15, -0.1) is 0 Å². The van der Waals surface area contributed by atoms with E-state index in [-0.39, 0.29) is 17.8 Å². The number of carbonyl (C=O) groups is 3. The van der Waals surface area contributed by atoms with Gasteiger partial charge in [0.05, 0.1) is 12.7 Å². The first kappa shape index (κ1) is 22.3. The maximum atomic E-state index is 12.5. The van der Waals surface area contributed by atoms with Crippen LogP contribution in [0, 0.1) is 13.8 Å². The van der Waals surface area contributed by atoms with Crippen LogP contribution in [0.2, 0.25) is 0 Å². The Labute approximate surface area is 182 Å². The van der Waals surface area contributed by atoms with Gasteiger partial charge < -0.3 is 20.4 Å². The Balaban J connectivity index is 1.58. The third kappa shape index (κ3) is 5.84. The number of benzene rings is 1. The number of carbonyl (C=O) groups excluding carboxylic acids is 3. The quantitative estimate of drug-likeness (QED) is 0.312. The number of fused-ring (bicyclic) bond motifs is 1. The number of amides is 2. The summed E-state index contributed by atoms with van der Waals surface area (Å²) in [5.41, 5.74) is 5.75. The summed E-state index contributed by atoms with van der Waals surface area (Å²) in [7, 11) is 1.39. The van der Waals surface area contributed by atoms with E-state index >= 15 is 0 Å². The summed E-state index contributed by atoms with van der Waals surface area (Å²) < 4.78 is 4.61. The highest BCUT2D eigenvalue weighted by atomic mass is 16.5. The summed E-state index contributed by atoms with van der Waals surface area (Å²) in [5, 5.41) is 5.79. The molecular formula is C24H29N3O4. The summed E-state index contributed by atoms with van der Waals surface area (Å²) in [4.78, 5) is 39.1. The second kappa shape index (κ2) is 10.1. The minimum atomic E-state index is -0.197. The molecule has 0 radical (unpaired) electrons. The monoisotopic (exact) mass is 423 g/mol. The molecule has 0 fully saturated rings. The molecule has 0 saturated heterocycles. The maximum absolute atomic E-state index is 12.5. The highest BCUT2D eigenvalue weighted by Gasteiger charge is 2.25. The maximum Gasteiger partial charge on any atom is 0.305 e. The van der Waals surface area contributed by atoms with Crippen LogP contribution in [0.4, 0.5) is 11.4 Å². The number of nitrogens with one attached hydrogen (secondary N) is 3. The molecule has 0 saturated carbocycles. The highest BCUT2D eigenvalue weighted by Crippen LogP contribution is 2.35. The van der Waals surface area contributed by atoms with E-state index in [9.17, 15) is 14.4 Å². The van der Waals surface area contributed by atoms with Crippen molar-refractivity contribution in [2.24, 2.45) is 0 Å². The molecule has 2 heterocycles. The zero-order chi connectivity index (χ0) is 22.4. The van der Waals surface area contributed by atoms with Gasteiger partial charge in [-0.2, -0.15) is 0 Å². The number of hydrogen-bond acceptors (Lipinski definition) is 4. The van der Waals surface area contributed by atoms with E-state index in [0.29, 0.717) is 24.1 Å². The molecule has 0 atom stereocenters. The molecule has 1 aromatic carbocycles. The number of aromatic nitrogens is 1. The summed E-state index contributed by atoms with van der Waals surface area (Å²) in [5.74, 6) is -0.416. The fraction of sp³-hybridized carbons (Fsp3) is 0.375. The minimum Gasteiger partial charge on any atom is -0.469 e. The standard InChI is InChI=1S/C24H29N3O4/c1-15-12-16(2)25-21(15)14-19-18-13-17(10-11-20(18)27-24(19)30)26-22(28)8-6-4-5-7-9-23(29)31-3/h10-14,25H,4-9H2,1-3H3,(H,26,28)(H,27,30). The van der Waals surface area contributed by atoms with E-state index in [4.69, 9.17) is 0 Å². The van der Waals surface area contributed by atoms with Crippen molar-refractivity contribution in [1.82, 2.24) is 4.98 Å². The van der Waals surface area contributed by atoms with Gasteiger partial charge in [0.1, 0.15) is 0 Å². The Hall–Kier alpha value is -3.35. The Bertz CT molecular complexity index is 1020. The van der Waals surface area contributed by atoms with Crippen molar-refractivity contribution < 1.29 is 19.1 Å². The van der Waals surface area contributed by atoms with Crippen LogP contribution in [0.15, 0.2) is 24.3 Å². The van der Waals surface area contributed by atoms with Gasteiger partial charge in [-0.25, -0.2) is 0 Å². The number of methoxy groups -OCH3 is 1. The number of hydrogen-bond donors (Lipinski definition) is 3. The minimum absolute atomic E-state index is 0.0634. The number of esters is 1. The van der Waals surface area contributed by atoms with Gasteiger partial charge in [0.25, 0.3) is 5.91 Å². The number of H-pyrrole nitrogens is 1. The summed E-state index contributed by atoms with van der Waals surface area (Å²) >= 11 is 0. The third-order valence-corrected chi connectivity index (χ3v) is 5.33. The number of aryl methyl sites for hydroxylation is 2. The van der Waals surface area contributed by atoms with E-state index in [1.165, 1.54) is 7.11 Å². The van der Waals surface area contributed by atoms with E-state index in [0.717, 1.165) is 53.9 Å². The Morgan fingerprint density at radius 1 is 1.06 bits per heavy atom. The summed E-state index contributed by atoms with van der Waals surface area (Å²) in [6.45, 7) is 3.97. The predicted molar refractivity (Wildman–Crippen MR) is 122 cm³/mol. The van der Waals surface area contributed by atoms with Crippen molar-refractivity contribution in [3.63, 3.8) is 0 Å². The van der Waals surface area contributed by atoms with Gasteiger partial charge in [-0.1, -0.05) is 12.8 Å². The molecule has 0 aliphatic carbocycles. The highest BCUT2D eigenvalue weighted by molar-refractivity contribution is 6.35. The average molecular weight is 424 g/mol. The molecule has 1 aliphatic rings. The largest absolute Gasteiger partial charge is 0.469 e. The number of aromatic amines is 1. The molecule has 2 amide bonds. The smallest absolute Gasteiger partial charge is 0.305 e. The van der Waals surface area contributed by atoms with Crippen molar-refractivity contribution in [1.29, 1.82) is 0 Å². The fourth-order valence-corrected chi connectivity index (χ4v) is 3.69. The molecule has 7 heteroatoms. The predicted octanol–water partition coefficient (Wildman–Crippen LogP) is 4.58. The molecule has 7 nitrogen and oxygen atoms in total. The number of rotatable bonds is 9. The average Bonchev–Trinajstić information content (AvgIpc) is 3.22. The lowest BCUT2D eigenvalue weighted by Gasteiger charge is -2.07. The van der Waals surface area contributed by atoms with E-state index in [2.05, 4.69) is 20.4 Å². The van der Waals surface area contributed by atoms with Crippen LogP contribution in [0.25, 0.3) is 11.6 Å². The van der Waals surface area contributed by atoms with Crippen molar-refractivity contribution in [3.8, 4) is 0 Å². The van der Waals surface area contributed by atoms with Crippen LogP contribution in [-0.2, 0) is 19.1 Å². The molecule has 1 aromatic heterocycles. The van der Waals surface area contributed by atoms with Crippen molar-refractivity contribution in [3.05, 3.63) is 46.8 Å². The Morgan fingerprint density at radius 3 is 2.48 bits per heavy atom. The first-order valence-corrected chi connectivity index (χ1v) is 10.6. The molecule has 2 aromatic rings. The molecule has 0 bridgehead atoms. The van der Waals surface area contributed by atoms with Crippen molar-refractivity contribution in [2.45, 2.75) is 52.4 Å². The van der Waals surface area contributed by atoms with Crippen LogP contribution >= 0.6 is 0 Å². The lowest BCUT2D eigenvalue weighted by Crippen LogP contribution is -2.11. The second-order valence-corrected chi connectivity index (χ2v) is 7.86. The molecule has 164 valence electrons. The normalized spacial score (nSPS) is 13.8. The Kier molecular flexibility index (Phi) is 7.28. The molecule has 3 rings (SSSR count). The van der Waals surface area contributed by atoms with Gasteiger partial charge in [0.15, 0.2) is 0 Å². The van der Waals surface area contributed by atoms with E-state index in [1.54, 1.807) is 6.07 Å². The van der Waals surface area contributed by atoms with Crippen LogP contribution in [0.1, 0.15) is 61.0 Å². The van der Waals surface area contributed by atoms with Gasteiger partial charge in [-0.05, 0) is 62.6 Å². The van der Waals surface area contributed by atoms with Crippen LogP contribution in [-0.4, -0.2) is 29.9 Å². The second-order valence-electron chi connectivity index (χ2n) is 7.86. The molecule has 0 spiro atoms. The van der Waals surface area contributed by atoms with Crippen LogP contribution in [0.5, 0.6) is 0 Å². The zero-order valence-electron chi connectivity index (χ0n) is 18.3. The van der Waals surface area contributed by atoms with Crippen LogP contribution < -0.4 is 10.6 Å². The first-order chi connectivity index (χ1) is 14.9. The SMILES string of the molecule is COC(=O)CCCCCCC(=O)Nc1ccc2c(c1)C(=Cc1[nH]c(C)cc1C)C(=O)N2. The zero-order valence-corrected chi connectivity index (χ0v) is 18.3. The van der Waals surface area contributed by atoms with Crippen LogP contribution in [0.3, 0.4) is 0 Å². The van der Waals surface area contributed by atoms with E-state index in [1.807, 2.05) is 38.1 Å². The molecule has 3 N–H and O–H groups in total. The lowest BCUT2D eigenvalue weighted by atomic mass is 10.0. The third-order valence-electron chi connectivity index (χ3n) is 5.33. The number of anilines is 2. The Morgan fingerprint density at radius 2 is 1.81 bits per heavy atom. The van der Waals surface area contributed by atoms with Crippen molar-refractivity contribution >= 4 is 40.8 Å². The van der Waals surface area contributed by atoms with Gasteiger partial charge >= 0.3 is 5.97 Å². The topological polar surface area (TPSA) is 100 Å².